The number of carbonyl (C=O) groups is 3. The van der Waals surface area contributed by atoms with Crippen molar-refractivity contribution in [3.63, 3.8) is 0 Å². The van der Waals surface area contributed by atoms with Gasteiger partial charge in [0.25, 0.3) is 11.8 Å². The number of benzene rings is 3. The van der Waals surface area contributed by atoms with Crippen molar-refractivity contribution in [2.75, 3.05) is 6.61 Å². The van der Waals surface area contributed by atoms with Crippen LogP contribution < -0.4 is 10.6 Å². The van der Waals surface area contributed by atoms with Crippen molar-refractivity contribution < 1.29 is 37.4 Å². The fraction of sp³-hybridized carbons (Fsp3) is 0.233. The molecule has 0 unspecified atom stereocenters. The first-order valence-corrected chi connectivity index (χ1v) is 12.4. The Bertz CT molecular complexity index is 1340. The van der Waals surface area contributed by atoms with Crippen molar-refractivity contribution >= 4 is 23.9 Å². The summed E-state index contributed by atoms with van der Waals surface area (Å²) in [4.78, 5) is 37.8. The van der Waals surface area contributed by atoms with Gasteiger partial charge in [0.15, 0.2) is 6.04 Å². The topological polar surface area (TPSA) is 105 Å². The summed E-state index contributed by atoms with van der Waals surface area (Å²) in [5.74, 6) is -2.85. The van der Waals surface area contributed by atoms with E-state index in [1.165, 1.54) is 6.08 Å². The number of carboxylic acid groups (broad SMARTS) is 1. The zero-order chi connectivity index (χ0) is 29.3. The van der Waals surface area contributed by atoms with Crippen LogP contribution >= 0.6 is 0 Å². The lowest BCUT2D eigenvalue weighted by atomic mass is 10.0. The maximum atomic E-state index is 13.2. The molecule has 3 aromatic carbocycles. The van der Waals surface area contributed by atoms with Crippen LogP contribution in [0.15, 0.2) is 84.6 Å². The third-order valence-electron chi connectivity index (χ3n) is 5.88. The fourth-order valence-electron chi connectivity index (χ4n) is 3.59. The molecule has 0 heterocycles. The molecule has 0 aromatic heterocycles. The third kappa shape index (κ3) is 8.81. The lowest BCUT2D eigenvalue weighted by molar-refractivity contribution is -0.143. The van der Waals surface area contributed by atoms with Crippen LogP contribution in [0.5, 0.6) is 0 Å². The average molecular weight is 555 g/mol. The van der Waals surface area contributed by atoms with E-state index in [4.69, 9.17) is 4.74 Å². The molecule has 210 valence electrons. The molecule has 1 atom stereocenters. The normalized spacial score (nSPS) is 12.6. The summed E-state index contributed by atoms with van der Waals surface area (Å²) in [6.45, 7) is 3.80. The van der Waals surface area contributed by atoms with E-state index in [0.29, 0.717) is 5.56 Å². The van der Waals surface area contributed by atoms with E-state index in [1.54, 1.807) is 36.4 Å². The molecule has 3 rings (SSSR count). The van der Waals surface area contributed by atoms with E-state index in [2.05, 4.69) is 10.6 Å². The van der Waals surface area contributed by atoms with E-state index in [-0.39, 0.29) is 30.4 Å². The Balaban J connectivity index is 1.80. The molecule has 0 spiro atoms. The maximum absolute atomic E-state index is 13.2. The molecule has 0 radical (unpaired) electrons. The van der Waals surface area contributed by atoms with Crippen LogP contribution in [0.4, 0.5) is 13.2 Å². The van der Waals surface area contributed by atoms with Gasteiger partial charge in [0.2, 0.25) is 0 Å². The molecule has 40 heavy (non-hydrogen) atoms. The van der Waals surface area contributed by atoms with Crippen molar-refractivity contribution in [3.05, 3.63) is 112 Å². The number of hydrogen-bond donors (Lipinski definition) is 3. The number of nitrogens with one attached hydrogen (secondary N) is 2. The lowest BCUT2D eigenvalue weighted by Gasteiger charge is -2.17. The predicted molar refractivity (Wildman–Crippen MR) is 143 cm³/mol. The van der Waals surface area contributed by atoms with Crippen LogP contribution in [0, 0.1) is 0 Å². The first-order chi connectivity index (χ1) is 18.9. The van der Waals surface area contributed by atoms with Gasteiger partial charge in [-0.1, -0.05) is 68.4 Å². The summed E-state index contributed by atoms with van der Waals surface area (Å²) in [6.07, 6.45) is -3.22. The van der Waals surface area contributed by atoms with Gasteiger partial charge in [-0.2, -0.15) is 13.2 Å². The van der Waals surface area contributed by atoms with E-state index in [0.717, 1.165) is 35.4 Å². The Kier molecular flexibility index (Phi) is 10.2. The lowest BCUT2D eigenvalue weighted by Crippen LogP contribution is -2.46. The summed E-state index contributed by atoms with van der Waals surface area (Å²) >= 11 is 0. The number of rotatable bonds is 11. The minimum Gasteiger partial charge on any atom is -0.480 e. The number of amides is 2. The number of alkyl halides is 3. The molecule has 2 amide bonds. The Hall–Kier alpha value is -4.44. The zero-order valence-corrected chi connectivity index (χ0v) is 21.9. The highest BCUT2D eigenvalue weighted by atomic mass is 19.4. The quantitative estimate of drug-likeness (QED) is 0.276. The second-order valence-electron chi connectivity index (χ2n) is 9.27. The first kappa shape index (κ1) is 30.1. The van der Waals surface area contributed by atoms with E-state index < -0.39 is 35.6 Å². The standard InChI is InChI=1S/C30H29F3N2O5/c1-19(2)22-10-8-20(9-11-22)16-25(34-27(36)23-12-14-24(15-13-23)30(31,32)33)28(37)35-26(29(38)39)18-40-17-21-6-4-3-5-7-21/h3-16,19,26H,17-18H2,1-2H3,(H,34,36)(H,35,37)(H,38,39)/b25-16+/t26-/m0/s1. The molecular weight excluding hydrogens is 525 g/mol. The Morgan fingerprint density at radius 3 is 2.10 bits per heavy atom. The second kappa shape index (κ2) is 13.6. The third-order valence-corrected chi connectivity index (χ3v) is 5.88. The Labute approximate surface area is 229 Å². The van der Waals surface area contributed by atoms with Crippen LogP contribution in [0.3, 0.4) is 0 Å². The number of carbonyl (C=O) groups excluding carboxylic acids is 2. The smallest absolute Gasteiger partial charge is 0.416 e. The molecule has 10 heteroatoms. The number of halogens is 3. The van der Waals surface area contributed by atoms with E-state index in [9.17, 15) is 32.7 Å². The van der Waals surface area contributed by atoms with Gasteiger partial charge in [-0.25, -0.2) is 4.79 Å². The van der Waals surface area contributed by atoms with Gasteiger partial charge in [-0.3, -0.25) is 9.59 Å². The Morgan fingerprint density at radius 2 is 1.55 bits per heavy atom. The van der Waals surface area contributed by atoms with Crippen molar-refractivity contribution in [1.29, 1.82) is 0 Å². The number of hydrogen-bond acceptors (Lipinski definition) is 4. The van der Waals surface area contributed by atoms with Gasteiger partial charge < -0.3 is 20.5 Å². The summed E-state index contributed by atoms with van der Waals surface area (Å²) < 4.78 is 44.2. The minimum absolute atomic E-state index is 0.121. The summed E-state index contributed by atoms with van der Waals surface area (Å²) in [5, 5.41) is 14.4. The molecule has 0 saturated carbocycles. The van der Waals surface area contributed by atoms with Crippen molar-refractivity contribution in [1.82, 2.24) is 10.6 Å². The van der Waals surface area contributed by atoms with Crippen LogP contribution in [-0.4, -0.2) is 35.5 Å². The highest BCUT2D eigenvalue weighted by Gasteiger charge is 2.30. The first-order valence-electron chi connectivity index (χ1n) is 12.4. The molecule has 0 aliphatic heterocycles. The highest BCUT2D eigenvalue weighted by Crippen LogP contribution is 2.29. The van der Waals surface area contributed by atoms with E-state index in [1.807, 2.05) is 32.0 Å². The molecule has 0 aliphatic carbocycles. The predicted octanol–water partition coefficient (Wildman–Crippen LogP) is 5.39. The van der Waals surface area contributed by atoms with E-state index >= 15 is 0 Å². The van der Waals surface area contributed by atoms with Crippen LogP contribution in [-0.2, 0) is 27.1 Å². The summed E-state index contributed by atoms with van der Waals surface area (Å²) in [7, 11) is 0. The van der Waals surface area contributed by atoms with Gasteiger partial charge >= 0.3 is 12.1 Å². The number of carboxylic acids is 1. The molecule has 0 bridgehead atoms. The van der Waals surface area contributed by atoms with Crippen LogP contribution in [0.1, 0.15) is 52.4 Å². The van der Waals surface area contributed by atoms with Crippen LogP contribution in [0.2, 0.25) is 0 Å². The SMILES string of the molecule is CC(C)c1ccc(/C=C(/NC(=O)c2ccc(C(F)(F)F)cc2)C(=O)N[C@@H](COCc2ccccc2)C(=O)O)cc1. The average Bonchev–Trinajstić information content (AvgIpc) is 2.92. The van der Waals surface area contributed by atoms with Gasteiger partial charge in [0, 0.05) is 5.56 Å². The molecule has 0 aliphatic rings. The molecular formula is C30H29F3N2O5. The van der Waals surface area contributed by atoms with Gasteiger partial charge in [-0.15, -0.1) is 0 Å². The second-order valence-corrected chi connectivity index (χ2v) is 9.27. The van der Waals surface area contributed by atoms with Gasteiger partial charge in [0.1, 0.15) is 5.70 Å². The highest BCUT2D eigenvalue weighted by molar-refractivity contribution is 6.06. The molecule has 3 N–H and O–H groups in total. The van der Waals surface area contributed by atoms with Gasteiger partial charge in [0.05, 0.1) is 18.8 Å². The molecule has 7 nitrogen and oxygen atoms in total. The fourth-order valence-corrected chi connectivity index (χ4v) is 3.59. The van der Waals surface area contributed by atoms with Crippen molar-refractivity contribution in [2.24, 2.45) is 0 Å². The van der Waals surface area contributed by atoms with Crippen molar-refractivity contribution in [3.8, 4) is 0 Å². The molecule has 0 saturated heterocycles. The maximum Gasteiger partial charge on any atom is 0.416 e. The van der Waals surface area contributed by atoms with Crippen LogP contribution in [0.25, 0.3) is 6.08 Å². The Morgan fingerprint density at radius 1 is 0.925 bits per heavy atom. The van der Waals surface area contributed by atoms with Gasteiger partial charge in [-0.05, 0) is 52.9 Å². The zero-order valence-electron chi connectivity index (χ0n) is 21.9. The van der Waals surface area contributed by atoms with Crippen molar-refractivity contribution in [2.45, 2.75) is 38.6 Å². The summed E-state index contributed by atoms with van der Waals surface area (Å²) in [6, 6.07) is 18.2. The summed E-state index contributed by atoms with van der Waals surface area (Å²) in [5.41, 5.74) is 1.04. The largest absolute Gasteiger partial charge is 0.480 e. The minimum atomic E-state index is -4.57. The number of aliphatic carboxylic acids is 1. The molecule has 3 aromatic rings. The number of ether oxygens (including phenoxy) is 1. The molecule has 0 fully saturated rings. The monoisotopic (exact) mass is 554 g/mol.